The fourth-order valence-electron chi connectivity index (χ4n) is 7.23. The smallest absolute Gasteiger partial charge is 0.411 e. The summed E-state index contributed by atoms with van der Waals surface area (Å²) in [6.07, 6.45) is 4.29. The van der Waals surface area contributed by atoms with Crippen LogP contribution >= 0.6 is 0 Å². The molecule has 256 valence electrons. The van der Waals surface area contributed by atoms with Crippen molar-refractivity contribution in [2.45, 2.75) is 63.5 Å². The molecule has 2 unspecified atom stereocenters. The number of ether oxygens (including phenoxy) is 4. The second-order valence-corrected chi connectivity index (χ2v) is 13.4. The number of likely N-dealkylation sites (tertiary alicyclic amines) is 1. The topological polar surface area (TPSA) is 89.6 Å². The molecular weight excluding hydrogens is 606 g/mol. The van der Waals surface area contributed by atoms with E-state index in [1.807, 2.05) is 59.5 Å². The maximum absolute atomic E-state index is 12.9. The van der Waals surface area contributed by atoms with Crippen LogP contribution < -0.4 is 5.32 Å². The molecule has 3 atom stereocenters. The largest absolute Gasteiger partial charge is 0.446 e. The van der Waals surface area contributed by atoms with Crippen LogP contribution in [0.15, 0.2) is 78.9 Å². The second-order valence-electron chi connectivity index (χ2n) is 13.4. The first kappa shape index (κ1) is 34.1. The summed E-state index contributed by atoms with van der Waals surface area (Å²) in [5.74, 6) is 1.21. The van der Waals surface area contributed by atoms with E-state index in [-0.39, 0.29) is 18.1 Å². The van der Waals surface area contributed by atoms with Crippen molar-refractivity contribution < 1.29 is 28.5 Å². The van der Waals surface area contributed by atoms with Gasteiger partial charge in [-0.1, -0.05) is 72.8 Å². The van der Waals surface area contributed by atoms with Gasteiger partial charge in [0.25, 0.3) is 0 Å². The summed E-state index contributed by atoms with van der Waals surface area (Å²) in [4.78, 5) is 30.0. The predicted octanol–water partition coefficient (Wildman–Crippen LogP) is 6.37. The van der Waals surface area contributed by atoms with Gasteiger partial charge in [0, 0.05) is 45.5 Å². The van der Waals surface area contributed by atoms with Crippen molar-refractivity contribution in [3.63, 3.8) is 0 Å². The highest BCUT2D eigenvalue weighted by Gasteiger charge is 2.42. The lowest BCUT2D eigenvalue weighted by molar-refractivity contribution is -0.147. The summed E-state index contributed by atoms with van der Waals surface area (Å²) in [5.41, 5.74) is 5.34. The van der Waals surface area contributed by atoms with E-state index in [2.05, 4.69) is 34.5 Å². The number of benzene rings is 3. The van der Waals surface area contributed by atoms with E-state index in [9.17, 15) is 9.59 Å². The third kappa shape index (κ3) is 9.23. The van der Waals surface area contributed by atoms with Gasteiger partial charge in [0.15, 0.2) is 6.29 Å². The molecule has 2 saturated carbocycles. The molecule has 3 aromatic rings. The van der Waals surface area contributed by atoms with Gasteiger partial charge in [-0.15, -0.1) is 0 Å². The zero-order valence-electron chi connectivity index (χ0n) is 28.2. The Morgan fingerprint density at radius 1 is 0.854 bits per heavy atom. The van der Waals surface area contributed by atoms with Gasteiger partial charge >= 0.3 is 6.09 Å². The highest BCUT2D eigenvalue weighted by Crippen LogP contribution is 2.40. The minimum atomic E-state index is -0.398. The maximum Gasteiger partial charge on any atom is 0.411 e. The number of para-hydroxylation sites is 1. The molecule has 48 heavy (non-hydrogen) atoms. The average molecular weight is 656 g/mol. The SMILES string of the molecule is COC(CN(C(=O)CCOCCc1ccc(CN2CC3CC(OC(=O)Nc4ccccc4-c4ccccc4)C[C@@H]3C2)cc1)C1CC1)OC. The summed E-state index contributed by atoms with van der Waals surface area (Å²) >= 11 is 0. The number of rotatable bonds is 16. The Labute approximate surface area is 284 Å². The second kappa shape index (κ2) is 16.6. The fourth-order valence-corrected chi connectivity index (χ4v) is 7.23. The lowest BCUT2D eigenvalue weighted by Gasteiger charge is -2.26. The van der Waals surface area contributed by atoms with E-state index in [4.69, 9.17) is 18.9 Å². The van der Waals surface area contributed by atoms with Crippen molar-refractivity contribution in [3.8, 4) is 11.1 Å². The molecule has 0 bridgehead atoms. The van der Waals surface area contributed by atoms with Crippen molar-refractivity contribution in [3.05, 3.63) is 90.0 Å². The molecule has 0 radical (unpaired) electrons. The third-order valence-corrected chi connectivity index (χ3v) is 9.91. The molecule has 9 heteroatoms. The van der Waals surface area contributed by atoms with E-state index < -0.39 is 6.29 Å². The first-order chi connectivity index (χ1) is 23.5. The standard InChI is InChI=1S/C39H49N3O6/c1-45-38(46-2)27-42(33-16-17-33)37(43)19-21-47-20-18-28-12-14-29(15-13-28)24-41-25-31-22-34(23-32(31)26-41)48-39(44)40-36-11-7-6-10-35(36)30-8-4-3-5-9-30/h3-15,31-34,38H,16-27H2,1-2H3,(H,40,44)/t31-,32?,34?/m1/s1. The molecular formula is C39H49N3O6. The third-order valence-electron chi connectivity index (χ3n) is 9.91. The molecule has 0 aromatic heterocycles. The van der Waals surface area contributed by atoms with Crippen LogP contribution in [0.3, 0.4) is 0 Å². The normalized spacial score (nSPS) is 20.5. The number of hydrogen-bond acceptors (Lipinski definition) is 7. The maximum atomic E-state index is 12.9. The Bertz CT molecular complexity index is 1460. The van der Waals surface area contributed by atoms with Crippen LogP contribution in [0.2, 0.25) is 0 Å². The molecule has 3 aromatic carbocycles. The number of amides is 2. The van der Waals surface area contributed by atoms with Crippen molar-refractivity contribution in [1.82, 2.24) is 9.80 Å². The lowest BCUT2D eigenvalue weighted by atomic mass is 10.0. The monoisotopic (exact) mass is 655 g/mol. The van der Waals surface area contributed by atoms with E-state index >= 15 is 0 Å². The predicted molar refractivity (Wildman–Crippen MR) is 185 cm³/mol. The van der Waals surface area contributed by atoms with E-state index in [1.165, 1.54) is 11.1 Å². The lowest BCUT2D eigenvalue weighted by Crippen LogP contribution is -2.40. The molecule has 1 aliphatic heterocycles. The van der Waals surface area contributed by atoms with E-state index in [0.717, 1.165) is 68.6 Å². The van der Waals surface area contributed by atoms with Crippen LogP contribution in [0.25, 0.3) is 11.1 Å². The summed E-state index contributed by atoms with van der Waals surface area (Å²) in [6.45, 7) is 4.46. The van der Waals surface area contributed by atoms with Gasteiger partial charge in [0.2, 0.25) is 5.91 Å². The molecule has 6 rings (SSSR count). The van der Waals surface area contributed by atoms with Gasteiger partial charge in [0.1, 0.15) is 6.10 Å². The van der Waals surface area contributed by atoms with Gasteiger partial charge in [-0.05, 0) is 66.7 Å². The molecule has 1 heterocycles. The van der Waals surface area contributed by atoms with Crippen molar-refractivity contribution in [2.24, 2.45) is 11.8 Å². The number of carbonyl (C=O) groups is 2. The van der Waals surface area contributed by atoms with Crippen LogP contribution in [-0.4, -0.2) is 87.3 Å². The molecule has 2 aliphatic carbocycles. The number of methoxy groups -OCH3 is 2. The molecule has 1 saturated heterocycles. The molecule has 9 nitrogen and oxygen atoms in total. The molecule has 0 spiro atoms. The summed E-state index contributed by atoms with van der Waals surface area (Å²) < 4.78 is 22.3. The summed E-state index contributed by atoms with van der Waals surface area (Å²) in [6, 6.07) is 27.0. The average Bonchev–Trinajstić information content (AvgIpc) is 3.78. The van der Waals surface area contributed by atoms with Gasteiger partial charge in [-0.3, -0.25) is 15.0 Å². The highest BCUT2D eigenvalue weighted by molar-refractivity contribution is 5.91. The fraction of sp³-hybridized carbons (Fsp3) is 0.487. The Morgan fingerprint density at radius 3 is 2.21 bits per heavy atom. The molecule has 2 amide bonds. The van der Waals surface area contributed by atoms with E-state index in [0.29, 0.717) is 44.1 Å². The van der Waals surface area contributed by atoms with Crippen molar-refractivity contribution in [2.75, 3.05) is 52.4 Å². The number of carbonyl (C=O) groups excluding carboxylic acids is 2. The number of hydrogen-bond donors (Lipinski definition) is 1. The van der Waals surface area contributed by atoms with Crippen molar-refractivity contribution >= 4 is 17.7 Å². The number of fused-ring (bicyclic) bond motifs is 1. The minimum Gasteiger partial charge on any atom is -0.446 e. The summed E-state index contributed by atoms with van der Waals surface area (Å²) in [7, 11) is 3.19. The minimum absolute atomic E-state index is 0.0403. The van der Waals surface area contributed by atoms with Gasteiger partial charge < -0.3 is 23.8 Å². The summed E-state index contributed by atoms with van der Waals surface area (Å²) in [5, 5.41) is 2.99. The molecule has 1 N–H and O–H groups in total. The number of anilines is 1. The highest BCUT2D eigenvalue weighted by atomic mass is 16.7. The Kier molecular flexibility index (Phi) is 11.8. The Balaban J connectivity index is 0.873. The van der Waals surface area contributed by atoms with Crippen LogP contribution in [0.4, 0.5) is 10.5 Å². The van der Waals surface area contributed by atoms with Crippen LogP contribution in [-0.2, 0) is 36.7 Å². The van der Waals surface area contributed by atoms with Gasteiger partial charge in [-0.25, -0.2) is 4.79 Å². The quantitative estimate of drug-likeness (QED) is 0.142. The first-order valence-corrected chi connectivity index (χ1v) is 17.3. The molecule has 3 fully saturated rings. The van der Waals surface area contributed by atoms with E-state index in [1.54, 1.807) is 14.2 Å². The Morgan fingerprint density at radius 2 is 1.52 bits per heavy atom. The van der Waals surface area contributed by atoms with Crippen LogP contribution in [0.1, 0.15) is 43.2 Å². The number of nitrogens with one attached hydrogen (secondary N) is 1. The molecule has 3 aliphatic rings. The van der Waals surface area contributed by atoms with Gasteiger partial charge in [0.05, 0.1) is 31.9 Å². The number of nitrogens with zero attached hydrogens (tertiary/aromatic N) is 2. The Hall–Kier alpha value is -3.76. The van der Waals surface area contributed by atoms with Crippen molar-refractivity contribution in [1.29, 1.82) is 0 Å². The first-order valence-electron chi connectivity index (χ1n) is 17.3. The van der Waals surface area contributed by atoms with Crippen LogP contribution in [0, 0.1) is 11.8 Å². The van der Waals surface area contributed by atoms with Crippen LogP contribution in [0.5, 0.6) is 0 Å². The zero-order chi connectivity index (χ0) is 33.3. The zero-order valence-corrected chi connectivity index (χ0v) is 28.2. The van der Waals surface area contributed by atoms with Gasteiger partial charge in [-0.2, -0.15) is 0 Å².